The SMILES string of the molecule is CCC(C)C(=O)NCC(=O)NCc1ccccc1Oc1cccc(C)c1. The number of aryl methyl sites for hydroxylation is 1. The molecule has 2 aromatic carbocycles. The molecule has 0 spiro atoms. The largest absolute Gasteiger partial charge is 0.457 e. The van der Waals surface area contributed by atoms with Crippen LogP contribution in [0.2, 0.25) is 0 Å². The van der Waals surface area contributed by atoms with Crippen LogP contribution in [-0.2, 0) is 16.1 Å². The van der Waals surface area contributed by atoms with E-state index in [9.17, 15) is 9.59 Å². The fourth-order valence-electron chi connectivity index (χ4n) is 2.34. The maximum absolute atomic E-state index is 12.0. The van der Waals surface area contributed by atoms with Crippen LogP contribution in [-0.4, -0.2) is 18.4 Å². The van der Waals surface area contributed by atoms with Gasteiger partial charge in [0.1, 0.15) is 11.5 Å². The molecule has 138 valence electrons. The van der Waals surface area contributed by atoms with Gasteiger partial charge in [-0.2, -0.15) is 0 Å². The minimum atomic E-state index is -0.230. The van der Waals surface area contributed by atoms with Gasteiger partial charge in [-0.1, -0.05) is 44.2 Å². The van der Waals surface area contributed by atoms with Crippen LogP contribution in [0.25, 0.3) is 0 Å². The summed E-state index contributed by atoms with van der Waals surface area (Å²) in [6.45, 7) is 6.10. The van der Waals surface area contributed by atoms with E-state index >= 15 is 0 Å². The highest BCUT2D eigenvalue weighted by Crippen LogP contribution is 2.25. The molecule has 1 atom stereocenters. The number of benzene rings is 2. The number of hydrogen-bond donors (Lipinski definition) is 2. The van der Waals surface area contributed by atoms with Crippen LogP contribution in [0.1, 0.15) is 31.4 Å². The van der Waals surface area contributed by atoms with Gasteiger partial charge in [0.2, 0.25) is 11.8 Å². The van der Waals surface area contributed by atoms with Gasteiger partial charge in [-0.05, 0) is 37.1 Å². The van der Waals surface area contributed by atoms with Gasteiger partial charge in [-0.25, -0.2) is 0 Å². The number of carbonyl (C=O) groups is 2. The Morgan fingerprint density at radius 1 is 1.08 bits per heavy atom. The Kier molecular flexibility index (Phi) is 7.21. The number of carbonyl (C=O) groups excluding carboxylic acids is 2. The molecule has 0 aliphatic rings. The zero-order valence-corrected chi connectivity index (χ0v) is 15.5. The van der Waals surface area contributed by atoms with Crippen molar-refractivity contribution in [2.75, 3.05) is 6.54 Å². The third-order valence-electron chi connectivity index (χ3n) is 4.15. The number of nitrogens with one attached hydrogen (secondary N) is 2. The summed E-state index contributed by atoms with van der Waals surface area (Å²) >= 11 is 0. The Morgan fingerprint density at radius 2 is 1.85 bits per heavy atom. The van der Waals surface area contributed by atoms with Crippen molar-refractivity contribution < 1.29 is 14.3 Å². The van der Waals surface area contributed by atoms with Crippen LogP contribution in [0.3, 0.4) is 0 Å². The van der Waals surface area contributed by atoms with Crippen molar-refractivity contribution in [3.05, 3.63) is 59.7 Å². The minimum absolute atomic E-state index is 0.0237. The Morgan fingerprint density at radius 3 is 2.58 bits per heavy atom. The van der Waals surface area contributed by atoms with Gasteiger partial charge >= 0.3 is 0 Å². The van der Waals surface area contributed by atoms with Gasteiger partial charge in [0, 0.05) is 18.0 Å². The molecule has 5 heteroatoms. The molecule has 0 aliphatic heterocycles. The van der Waals surface area contributed by atoms with E-state index in [-0.39, 0.29) is 24.3 Å². The summed E-state index contributed by atoms with van der Waals surface area (Å²) in [7, 11) is 0. The van der Waals surface area contributed by atoms with E-state index in [0.717, 1.165) is 23.3 Å². The number of hydrogen-bond acceptors (Lipinski definition) is 3. The number of ether oxygens (including phenoxy) is 1. The summed E-state index contributed by atoms with van der Waals surface area (Å²) in [5, 5.41) is 5.46. The first kappa shape index (κ1) is 19.5. The number of para-hydroxylation sites is 1. The van der Waals surface area contributed by atoms with Gasteiger partial charge in [0.15, 0.2) is 0 Å². The van der Waals surface area contributed by atoms with Crippen molar-refractivity contribution in [1.82, 2.24) is 10.6 Å². The average molecular weight is 354 g/mol. The van der Waals surface area contributed by atoms with E-state index in [0.29, 0.717) is 12.3 Å². The first-order chi connectivity index (χ1) is 12.5. The quantitative estimate of drug-likeness (QED) is 0.761. The highest BCUT2D eigenvalue weighted by atomic mass is 16.5. The Balaban J connectivity index is 1.91. The number of amides is 2. The monoisotopic (exact) mass is 354 g/mol. The van der Waals surface area contributed by atoms with Gasteiger partial charge < -0.3 is 15.4 Å². The molecule has 1 unspecified atom stereocenters. The Labute approximate surface area is 154 Å². The second-order valence-corrected chi connectivity index (χ2v) is 6.33. The maximum Gasteiger partial charge on any atom is 0.239 e. The molecule has 2 N–H and O–H groups in total. The topological polar surface area (TPSA) is 67.4 Å². The lowest BCUT2D eigenvalue weighted by Gasteiger charge is -2.13. The normalized spacial score (nSPS) is 11.5. The summed E-state index contributed by atoms with van der Waals surface area (Å²) in [4.78, 5) is 23.7. The summed E-state index contributed by atoms with van der Waals surface area (Å²) in [5.41, 5.74) is 1.99. The molecule has 0 saturated heterocycles. The van der Waals surface area contributed by atoms with Crippen LogP contribution in [0, 0.1) is 12.8 Å². The second kappa shape index (κ2) is 9.61. The summed E-state index contributed by atoms with van der Waals surface area (Å²) in [6, 6.07) is 15.4. The van der Waals surface area contributed by atoms with Crippen LogP contribution in [0.5, 0.6) is 11.5 Å². The smallest absolute Gasteiger partial charge is 0.239 e. The predicted molar refractivity (Wildman–Crippen MR) is 102 cm³/mol. The van der Waals surface area contributed by atoms with Crippen LogP contribution in [0.4, 0.5) is 0 Å². The highest BCUT2D eigenvalue weighted by Gasteiger charge is 2.12. The van der Waals surface area contributed by atoms with Crippen LogP contribution in [0.15, 0.2) is 48.5 Å². The third kappa shape index (κ3) is 5.92. The molecule has 0 radical (unpaired) electrons. The lowest BCUT2D eigenvalue weighted by Crippen LogP contribution is -2.38. The van der Waals surface area contributed by atoms with Gasteiger partial charge in [-0.3, -0.25) is 9.59 Å². The molecule has 2 amide bonds. The van der Waals surface area contributed by atoms with Crippen molar-refractivity contribution in [3.63, 3.8) is 0 Å². The fourth-order valence-corrected chi connectivity index (χ4v) is 2.34. The zero-order chi connectivity index (χ0) is 18.9. The van der Waals surface area contributed by atoms with Crippen molar-refractivity contribution >= 4 is 11.8 Å². The van der Waals surface area contributed by atoms with Gasteiger partial charge in [0.25, 0.3) is 0 Å². The standard InChI is InChI=1S/C21H26N2O3/c1-4-16(3)21(25)23-14-20(24)22-13-17-9-5-6-11-19(17)26-18-10-7-8-15(2)12-18/h5-12,16H,4,13-14H2,1-3H3,(H,22,24)(H,23,25). The van der Waals surface area contributed by atoms with E-state index in [2.05, 4.69) is 10.6 Å². The summed E-state index contributed by atoms with van der Waals surface area (Å²) in [6.07, 6.45) is 0.747. The first-order valence-corrected chi connectivity index (χ1v) is 8.86. The molecule has 0 fully saturated rings. The van der Waals surface area contributed by atoms with Gasteiger partial charge in [0.05, 0.1) is 6.54 Å². The molecule has 0 bridgehead atoms. The second-order valence-electron chi connectivity index (χ2n) is 6.33. The molecule has 2 rings (SSSR count). The minimum Gasteiger partial charge on any atom is -0.457 e. The molecular formula is C21H26N2O3. The van der Waals surface area contributed by atoms with Crippen LogP contribution < -0.4 is 15.4 Å². The maximum atomic E-state index is 12.0. The van der Waals surface area contributed by atoms with E-state index in [1.165, 1.54) is 0 Å². The van der Waals surface area contributed by atoms with Crippen LogP contribution >= 0.6 is 0 Å². The molecule has 2 aromatic rings. The van der Waals surface area contributed by atoms with Crippen molar-refractivity contribution in [3.8, 4) is 11.5 Å². The summed E-state index contributed by atoms with van der Waals surface area (Å²) in [5.74, 6) is 1.02. The average Bonchev–Trinajstić information content (AvgIpc) is 2.64. The van der Waals surface area contributed by atoms with E-state index in [1.54, 1.807) is 0 Å². The van der Waals surface area contributed by atoms with Crippen molar-refractivity contribution in [1.29, 1.82) is 0 Å². The highest BCUT2D eigenvalue weighted by molar-refractivity contribution is 5.85. The number of rotatable bonds is 8. The van der Waals surface area contributed by atoms with Crippen molar-refractivity contribution in [2.24, 2.45) is 5.92 Å². The fraction of sp³-hybridized carbons (Fsp3) is 0.333. The van der Waals surface area contributed by atoms with E-state index < -0.39 is 0 Å². The van der Waals surface area contributed by atoms with Gasteiger partial charge in [-0.15, -0.1) is 0 Å². The predicted octanol–water partition coefficient (Wildman–Crippen LogP) is 3.57. The van der Waals surface area contributed by atoms with E-state index in [4.69, 9.17) is 4.74 Å². The Bertz CT molecular complexity index is 758. The molecule has 26 heavy (non-hydrogen) atoms. The molecular weight excluding hydrogens is 328 g/mol. The lowest BCUT2D eigenvalue weighted by atomic mass is 10.1. The third-order valence-corrected chi connectivity index (χ3v) is 4.15. The molecule has 5 nitrogen and oxygen atoms in total. The molecule has 0 saturated carbocycles. The van der Waals surface area contributed by atoms with E-state index in [1.807, 2.05) is 69.3 Å². The summed E-state index contributed by atoms with van der Waals surface area (Å²) < 4.78 is 5.95. The molecule has 0 aromatic heterocycles. The molecule has 0 heterocycles. The molecule has 0 aliphatic carbocycles. The Hall–Kier alpha value is -2.82. The zero-order valence-electron chi connectivity index (χ0n) is 15.5. The first-order valence-electron chi connectivity index (χ1n) is 8.86. The van der Waals surface area contributed by atoms with Crippen molar-refractivity contribution in [2.45, 2.75) is 33.7 Å². The lowest BCUT2D eigenvalue weighted by molar-refractivity contribution is -0.128.